The van der Waals surface area contributed by atoms with E-state index in [1.165, 1.54) is 19.2 Å². The Bertz CT molecular complexity index is 632. The monoisotopic (exact) mass is 312 g/mol. The van der Waals surface area contributed by atoms with Gasteiger partial charge in [-0.3, -0.25) is 4.79 Å². The van der Waals surface area contributed by atoms with Crippen LogP contribution < -0.4 is 4.74 Å². The average Bonchev–Trinajstić information content (AvgIpc) is 2.94. The Hall–Kier alpha value is -2.09. The Morgan fingerprint density at radius 3 is 2.90 bits per heavy atom. The number of methoxy groups -OCH3 is 1. The molecule has 0 N–H and O–H groups in total. The maximum Gasteiger partial charge on any atom is 0.316 e. The summed E-state index contributed by atoms with van der Waals surface area (Å²) in [5.41, 5.74) is 0.434. The number of hydrogen-bond acceptors (Lipinski definition) is 7. The molecule has 1 aromatic carbocycles. The van der Waals surface area contributed by atoms with Gasteiger partial charge >= 0.3 is 5.97 Å². The molecule has 0 aliphatic heterocycles. The van der Waals surface area contributed by atoms with Gasteiger partial charge < -0.3 is 13.9 Å². The number of hydrogen-bond donors (Lipinski definition) is 0. The third-order valence-electron chi connectivity index (χ3n) is 2.42. The Morgan fingerprint density at radius 1 is 1.43 bits per heavy atom. The molecule has 1 aromatic heterocycles. The molecule has 0 unspecified atom stereocenters. The molecule has 0 saturated heterocycles. The first kappa shape index (κ1) is 15.3. The summed E-state index contributed by atoms with van der Waals surface area (Å²) in [6.07, 6.45) is 0. The van der Waals surface area contributed by atoms with Crippen LogP contribution >= 0.6 is 11.8 Å². The average molecular weight is 312 g/mol. The fourth-order valence-corrected chi connectivity index (χ4v) is 2.07. The fraction of sp³-hybridized carbons (Fsp3) is 0.308. The fourth-order valence-electron chi connectivity index (χ4n) is 1.51. The number of thioether (sulfide) groups is 1. The van der Waals surface area contributed by atoms with Gasteiger partial charge in [0.25, 0.3) is 5.22 Å². The van der Waals surface area contributed by atoms with Crippen LogP contribution in [0.1, 0.15) is 6.92 Å². The second-order valence-corrected chi connectivity index (χ2v) is 4.74. The molecule has 112 valence electrons. The van der Waals surface area contributed by atoms with Gasteiger partial charge in [0.1, 0.15) is 5.75 Å². The van der Waals surface area contributed by atoms with Crippen molar-refractivity contribution in [2.24, 2.45) is 0 Å². The van der Waals surface area contributed by atoms with Crippen LogP contribution in [-0.2, 0) is 9.53 Å². The van der Waals surface area contributed by atoms with E-state index in [9.17, 15) is 9.18 Å². The van der Waals surface area contributed by atoms with Crippen molar-refractivity contribution in [3.05, 3.63) is 24.0 Å². The lowest BCUT2D eigenvalue weighted by molar-refractivity contribution is -0.139. The second-order valence-electron chi connectivity index (χ2n) is 3.82. The van der Waals surface area contributed by atoms with Crippen LogP contribution in [0.2, 0.25) is 0 Å². The number of aromatic nitrogens is 2. The van der Waals surface area contributed by atoms with Crippen LogP contribution in [0.5, 0.6) is 5.75 Å². The predicted molar refractivity (Wildman–Crippen MR) is 73.6 cm³/mol. The summed E-state index contributed by atoms with van der Waals surface area (Å²) in [6.45, 7) is 2.05. The van der Waals surface area contributed by atoms with Gasteiger partial charge in [-0.2, -0.15) is 0 Å². The Balaban J connectivity index is 2.05. The molecule has 0 amide bonds. The zero-order chi connectivity index (χ0) is 15.2. The molecule has 0 radical (unpaired) electrons. The summed E-state index contributed by atoms with van der Waals surface area (Å²) in [6, 6.07) is 4.32. The van der Waals surface area contributed by atoms with E-state index in [0.29, 0.717) is 12.2 Å². The summed E-state index contributed by atoms with van der Waals surface area (Å²) in [5, 5.41) is 7.81. The first-order chi connectivity index (χ1) is 10.1. The summed E-state index contributed by atoms with van der Waals surface area (Å²) < 4.78 is 28.6. The SMILES string of the molecule is CCOC(=O)CSc1nnc(-c2ccc(OC)c(F)c2)o1. The molecule has 0 aliphatic carbocycles. The quantitative estimate of drug-likeness (QED) is 0.599. The zero-order valence-electron chi connectivity index (χ0n) is 11.5. The summed E-state index contributed by atoms with van der Waals surface area (Å²) >= 11 is 1.06. The van der Waals surface area contributed by atoms with Gasteiger partial charge in [-0.25, -0.2) is 4.39 Å². The lowest BCUT2D eigenvalue weighted by atomic mass is 10.2. The highest BCUT2D eigenvalue weighted by atomic mass is 32.2. The topological polar surface area (TPSA) is 74.5 Å². The number of benzene rings is 1. The van der Waals surface area contributed by atoms with Crippen LogP contribution in [0.4, 0.5) is 4.39 Å². The Labute approximate surface area is 124 Å². The van der Waals surface area contributed by atoms with E-state index >= 15 is 0 Å². The largest absolute Gasteiger partial charge is 0.494 e. The molecule has 1 heterocycles. The van der Waals surface area contributed by atoms with Gasteiger partial charge in [0.2, 0.25) is 5.89 Å². The summed E-state index contributed by atoms with van der Waals surface area (Å²) in [7, 11) is 1.38. The molecule has 0 spiro atoms. The minimum absolute atomic E-state index is 0.0758. The molecule has 0 saturated carbocycles. The van der Waals surface area contributed by atoms with E-state index in [2.05, 4.69) is 10.2 Å². The van der Waals surface area contributed by atoms with Gasteiger partial charge in [0.05, 0.1) is 13.7 Å². The standard InChI is InChI=1S/C13H13FN2O4S/c1-3-19-11(17)7-21-13-16-15-12(20-13)8-4-5-10(18-2)9(14)6-8/h4-6H,3,7H2,1-2H3. The van der Waals surface area contributed by atoms with Crippen LogP contribution in [0.15, 0.2) is 27.8 Å². The minimum atomic E-state index is -0.520. The van der Waals surface area contributed by atoms with Crippen molar-refractivity contribution in [3.63, 3.8) is 0 Å². The van der Waals surface area contributed by atoms with Crippen LogP contribution in [-0.4, -0.2) is 35.6 Å². The normalized spacial score (nSPS) is 10.4. The highest BCUT2D eigenvalue weighted by molar-refractivity contribution is 7.99. The molecule has 2 rings (SSSR count). The van der Waals surface area contributed by atoms with E-state index in [0.717, 1.165) is 11.8 Å². The molecular formula is C13H13FN2O4S. The first-order valence-corrected chi connectivity index (χ1v) is 7.08. The summed E-state index contributed by atoms with van der Waals surface area (Å²) in [5.74, 6) is -0.503. The number of rotatable bonds is 6. The summed E-state index contributed by atoms with van der Waals surface area (Å²) in [4.78, 5) is 11.2. The van der Waals surface area contributed by atoms with Gasteiger partial charge in [-0.15, -0.1) is 10.2 Å². The maximum atomic E-state index is 13.6. The smallest absolute Gasteiger partial charge is 0.316 e. The molecule has 0 aliphatic rings. The number of halogens is 1. The molecule has 8 heteroatoms. The molecule has 0 bridgehead atoms. The molecule has 2 aromatic rings. The predicted octanol–water partition coefficient (Wildman–Crippen LogP) is 2.54. The lowest BCUT2D eigenvalue weighted by Crippen LogP contribution is -2.06. The highest BCUT2D eigenvalue weighted by Crippen LogP contribution is 2.26. The Kier molecular flexibility index (Phi) is 5.15. The molecule has 0 fully saturated rings. The van der Waals surface area contributed by atoms with Crippen molar-refractivity contribution in [2.75, 3.05) is 19.5 Å². The van der Waals surface area contributed by atoms with E-state index in [4.69, 9.17) is 13.9 Å². The van der Waals surface area contributed by atoms with E-state index < -0.39 is 5.82 Å². The van der Waals surface area contributed by atoms with E-state index in [1.54, 1.807) is 13.0 Å². The van der Waals surface area contributed by atoms with Crippen molar-refractivity contribution >= 4 is 17.7 Å². The van der Waals surface area contributed by atoms with Crippen molar-refractivity contribution in [3.8, 4) is 17.2 Å². The van der Waals surface area contributed by atoms with Gasteiger partial charge in [-0.05, 0) is 25.1 Å². The number of carbonyl (C=O) groups excluding carboxylic acids is 1. The Morgan fingerprint density at radius 2 is 2.24 bits per heavy atom. The van der Waals surface area contributed by atoms with Crippen LogP contribution in [0, 0.1) is 5.82 Å². The third kappa shape index (κ3) is 3.94. The van der Waals surface area contributed by atoms with Crippen molar-refractivity contribution in [2.45, 2.75) is 12.1 Å². The van der Waals surface area contributed by atoms with E-state index in [-0.39, 0.29) is 28.6 Å². The van der Waals surface area contributed by atoms with Gasteiger partial charge in [0, 0.05) is 5.56 Å². The third-order valence-corrected chi connectivity index (χ3v) is 3.22. The minimum Gasteiger partial charge on any atom is -0.494 e. The van der Waals surface area contributed by atoms with Gasteiger partial charge in [0.15, 0.2) is 11.6 Å². The zero-order valence-corrected chi connectivity index (χ0v) is 12.3. The van der Waals surface area contributed by atoms with Crippen molar-refractivity contribution in [1.29, 1.82) is 0 Å². The lowest BCUT2D eigenvalue weighted by Gasteiger charge is -2.02. The molecule has 0 atom stereocenters. The van der Waals surface area contributed by atoms with Gasteiger partial charge in [-0.1, -0.05) is 11.8 Å². The molecule has 21 heavy (non-hydrogen) atoms. The number of esters is 1. The molecular weight excluding hydrogens is 299 g/mol. The van der Waals surface area contributed by atoms with Crippen LogP contribution in [0.25, 0.3) is 11.5 Å². The van der Waals surface area contributed by atoms with Crippen LogP contribution in [0.3, 0.4) is 0 Å². The molecule has 6 nitrogen and oxygen atoms in total. The second kappa shape index (κ2) is 7.07. The maximum absolute atomic E-state index is 13.6. The number of carbonyl (C=O) groups is 1. The number of ether oxygens (including phenoxy) is 2. The van der Waals surface area contributed by atoms with E-state index in [1.807, 2.05) is 0 Å². The number of nitrogens with zero attached hydrogens (tertiary/aromatic N) is 2. The van der Waals surface area contributed by atoms with Crippen molar-refractivity contribution in [1.82, 2.24) is 10.2 Å². The highest BCUT2D eigenvalue weighted by Gasteiger charge is 2.13. The first-order valence-electron chi connectivity index (χ1n) is 6.10. The van der Waals surface area contributed by atoms with Crippen molar-refractivity contribution < 1.29 is 23.1 Å².